The third-order valence-corrected chi connectivity index (χ3v) is 6.37. The maximum absolute atomic E-state index is 6.05. The minimum atomic E-state index is -2.29. The van der Waals surface area contributed by atoms with E-state index in [1.807, 2.05) is 19.9 Å². The zero-order valence-corrected chi connectivity index (χ0v) is 14.6. The van der Waals surface area contributed by atoms with E-state index in [0.717, 1.165) is 0 Å². The number of rotatable bonds is 7. The van der Waals surface area contributed by atoms with Crippen LogP contribution in [0.25, 0.3) is 0 Å². The van der Waals surface area contributed by atoms with Crippen LogP contribution in [0.1, 0.15) is 36.2 Å². The molecule has 1 unspecified atom stereocenters. The monoisotopic (exact) mass is 316 g/mol. The molecule has 0 aromatic heterocycles. The lowest BCUT2D eigenvalue weighted by Crippen LogP contribution is -2.09. The molecule has 0 fully saturated rings. The summed E-state index contributed by atoms with van der Waals surface area (Å²) >= 11 is 0. The highest BCUT2D eigenvalue weighted by atomic mass is 31.2. The molecule has 1 atom stereocenters. The molecule has 2 aromatic rings. The summed E-state index contributed by atoms with van der Waals surface area (Å²) in [5.74, 6) is 0. The molecule has 0 saturated heterocycles. The smallest absolute Gasteiger partial charge is 0.128 e. The molecule has 0 saturated carbocycles. The minimum Gasteiger partial charge on any atom is -0.337 e. The highest BCUT2D eigenvalue weighted by Crippen LogP contribution is 2.63. The lowest BCUT2D eigenvalue weighted by molar-refractivity contribution is 0.261. The fraction of sp³-hybridized carbons (Fsp3) is 0.316. The van der Waals surface area contributed by atoms with Crippen LogP contribution in [0.3, 0.4) is 0 Å². The molecule has 2 rings (SSSR count). The zero-order valence-electron chi connectivity index (χ0n) is 13.7. The van der Waals surface area contributed by atoms with Crippen molar-refractivity contribution in [2.75, 3.05) is 13.2 Å². The van der Waals surface area contributed by atoms with Crippen LogP contribution in [0.4, 0.5) is 0 Å². The lowest BCUT2D eigenvalue weighted by atomic mass is 10.0. The van der Waals surface area contributed by atoms with Crippen LogP contribution in [-0.2, 0) is 9.05 Å². The number of hydrogen-bond donors (Lipinski definition) is 0. The third kappa shape index (κ3) is 3.89. The van der Waals surface area contributed by atoms with E-state index in [1.54, 1.807) is 0 Å². The predicted octanol–water partition coefficient (Wildman–Crippen LogP) is 5.44. The Balaban J connectivity index is 2.54. The van der Waals surface area contributed by atoms with E-state index < -0.39 is 7.34 Å². The fourth-order valence-corrected chi connectivity index (χ4v) is 5.15. The van der Waals surface area contributed by atoms with Crippen LogP contribution in [0, 0.1) is 6.92 Å². The Labute approximate surface area is 134 Å². The van der Waals surface area contributed by atoms with Crippen molar-refractivity contribution in [3.8, 4) is 0 Å². The van der Waals surface area contributed by atoms with Crippen LogP contribution in [0.5, 0.6) is 0 Å². The summed E-state index contributed by atoms with van der Waals surface area (Å²) in [5.41, 5.74) is 3.67. The highest BCUT2D eigenvalue weighted by Gasteiger charge is 2.30. The molecule has 2 nitrogen and oxygen atoms in total. The first-order chi connectivity index (χ1) is 10.6. The van der Waals surface area contributed by atoms with Gasteiger partial charge in [0.15, 0.2) is 0 Å². The SMILES string of the molecule is C=P(OCC)(OCC)C(c1ccccc1)c1ccc(C)cc1. The van der Waals surface area contributed by atoms with Gasteiger partial charge in [-0.05, 0) is 31.9 Å². The van der Waals surface area contributed by atoms with Crippen LogP contribution < -0.4 is 0 Å². The second-order valence-corrected chi connectivity index (χ2v) is 7.77. The summed E-state index contributed by atoms with van der Waals surface area (Å²) in [6.07, 6.45) is 4.39. The second kappa shape index (κ2) is 7.78. The van der Waals surface area contributed by atoms with Crippen LogP contribution in [0.2, 0.25) is 0 Å². The Bertz CT molecular complexity index is 610. The van der Waals surface area contributed by atoms with Gasteiger partial charge in [-0.15, -0.1) is 0 Å². The molecule has 0 bridgehead atoms. The molecule has 0 N–H and O–H groups in total. The van der Waals surface area contributed by atoms with E-state index in [9.17, 15) is 0 Å². The summed E-state index contributed by atoms with van der Waals surface area (Å²) in [6.45, 7) is 7.30. The van der Waals surface area contributed by atoms with Gasteiger partial charge in [0.2, 0.25) is 0 Å². The van der Waals surface area contributed by atoms with Gasteiger partial charge in [0.1, 0.15) is 7.34 Å². The van der Waals surface area contributed by atoms with Gasteiger partial charge in [0, 0.05) is 0 Å². The standard InChI is InChI=1S/C19H25O2P/c1-5-20-22(4,21-6-2)19(17-10-8-7-9-11-17)18-14-12-16(3)13-15-18/h7-15,19H,4-6H2,1-3H3. The molecule has 0 amide bonds. The second-order valence-electron chi connectivity index (χ2n) is 5.29. The quantitative estimate of drug-likeness (QED) is 0.633. The summed E-state index contributed by atoms with van der Waals surface area (Å²) in [7, 11) is -2.29. The fourth-order valence-electron chi connectivity index (χ4n) is 2.65. The van der Waals surface area contributed by atoms with E-state index in [1.165, 1.54) is 16.7 Å². The molecule has 2 aromatic carbocycles. The first kappa shape index (κ1) is 17.0. The maximum atomic E-state index is 6.05. The van der Waals surface area contributed by atoms with E-state index >= 15 is 0 Å². The average molecular weight is 316 g/mol. The Morgan fingerprint density at radius 2 is 1.36 bits per heavy atom. The van der Waals surface area contributed by atoms with Crippen molar-refractivity contribution in [1.82, 2.24) is 0 Å². The van der Waals surface area contributed by atoms with Crippen molar-refractivity contribution < 1.29 is 9.05 Å². The number of aryl methyl sites for hydroxylation is 1. The van der Waals surface area contributed by atoms with Crippen molar-refractivity contribution in [3.05, 3.63) is 71.3 Å². The molecule has 0 aliphatic heterocycles. The van der Waals surface area contributed by atoms with Crippen molar-refractivity contribution in [2.45, 2.75) is 26.4 Å². The van der Waals surface area contributed by atoms with E-state index in [-0.39, 0.29) is 5.66 Å². The molecule has 22 heavy (non-hydrogen) atoms. The van der Waals surface area contributed by atoms with Gasteiger partial charge in [-0.2, -0.15) is 0 Å². The van der Waals surface area contributed by atoms with Crippen LogP contribution in [0.15, 0.2) is 54.6 Å². The van der Waals surface area contributed by atoms with Crippen molar-refractivity contribution in [2.24, 2.45) is 0 Å². The molecular formula is C19H25O2P. The van der Waals surface area contributed by atoms with Gasteiger partial charge < -0.3 is 9.05 Å². The molecule has 3 heteroatoms. The van der Waals surface area contributed by atoms with E-state index in [0.29, 0.717) is 13.2 Å². The maximum Gasteiger partial charge on any atom is 0.128 e. The number of benzene rings is 2. The van der Waals surface area contributed by atoms with Gasteiger partial charge >= 0.3 is 0 Å². The van der Waals surface area contributed by atoms with Crippen molar-refractivity contribution >= 4 is 13.6 Å². The van der Waals surface area contributed by atoms with E-state index in [4.69, 9.17) is 9.05 Å². The molecular weight excluding hydrogens is 291 g/mol. The summed E-state index contributed by atoms with van der Waals surface area (Å²) in [5, 5.41) is 0. The first-order valence-electron chi connectivity index (χ1n) is 7.74. The Morgan fingerprint density at radius 3 is 1.86 bits per heavy atom. The summed E-state index contributed by atoms with van der Waals surface area (Å²) < 4.78 is 12.1. The lowest BCUT2D eigenvalue weighted by Gasteiger charge is -2.33. The molecule has 0 aliphatic carbocycles. The molecule has 0 heterocycles. The van der Waals surface area contributed by atoms with Gasteiger partial charge in [-0.3, -0.25) is 0 Å². The average Bonchev–Trinajstić information content (AvgIpc) is 2.51. The summed E-state index contributed by atoms with van der Waals surface area (Å²) in [6, 6.07) is 19.0. The molecule has 118 valence electrons. The topological polar surface area (TPSA) is 18.5 Å². The normalized spacial score (nSPS) is 13.0. The molecule has 0 spiro atoms. The van der Waals surface area contributed by atoms with Gasteiger partial charge in [0.05, 0.1) is 18.9 Å². The molecule has 0 radical (unpaired) electrons. The first-order valence-corrected chi connectivity index (χ1v) is 9.62. The van der Waals surface area contributed by atoms with Gasteiger partial charge in [-0.25, -0.2) is 0 Å². The Morgan fingerprint density at radius 1 is 0.864 bits per heavy atom. The summed E-state index contributed by atoms with van der Waals surface area (Å²) in [4.78, 5) is 0. The minimum absolute atomic E-state index is 0.0363. The third-order valence-electron chi connectivity index (χ3n) is 3.60. The number of hydrogen-bond acceptors (Lipinski definition) is 2. The van der Waals surface area contributed by atoms with Crippen molar-refractivity contribution in [1.29, 1.82) is 0 Å². The Kier molecular flexibility index (Phi) is 6.02. The highest BCUT2D eigenvalue weighted by molar-refractivity contribution is 7.65. The zero-order chi connectivity index (χ0) is 16.0. The van der Waals surface area contributed by atoms with Gasteiger partial charge in [0.25, 0.3) is 0 Å². The van der Waals surface area contributed by atoms with E-state index in [2.05, 4.69) is 61.8 Å². The predicted molar refractivity (Wildman–Crippen MR) is 96.8 cm³/mol. The molecule has 0 aliphatic rings. The largest absolute Gasteiger partial charge is 0.337 e. The van der Waals surface area contributed by atoms with Gasteiger partial charge in [-0.1, -0.05) is 66.5 Å². The Hall–Kier alpha value is -1.34. The van der Waals surface area contributed by atoms with Crippen LogP contribution in [-0.4, -0.2) is 19.5 Å². The van der Waals surface area contributed by atoms with Crippen molar-refractivity contribution in [3.63, 3.8) is 0 Å². The van der Waals surface area contributed by atoms with Crippen LogP contribution >= 0.6 is 7.34 Å².